The third-order valence-corrected chi connectivity index (χ3v) is 3.00. The van der Waals surface area contributed by atoms with Crippen molar-refractivity contribution in [3.8, 4) is 0 Å². The molecule has 0 bridgehead atoms. The summed E-state index contributed by atoms with van der Waals surface area (Å²) in [5, 5.41) is 2.43. The first-order valence-electron chi connectivity index (χ1n) is 5.38. The first-order valence-corrected chi connectivity index (χ1v) is 5.38. The van der Waals surface area contributed by atoms with Gasteiger partial charge in [-0.15, -0.1) is 0 Å². The summed E-state index contributed by atoms with van der Waals surface area (Å²) in [4.78, 5) is 22.5. The van der Waals surface area contributed by atoms with Gasteiger partial charge in [-0.1, -0.05) is 18.2 Å². The van der Waals surface area contributed by atoms with E-state index >= 15 is 0 Å². The van der Waals surface area contributed by atoms with Crippen LogP contribution in [0.3, 0.4) is 0 Å². The predicted molar refractivity (Wildman–Crippen MR) is 59.5 cm³/mol. The van der Waals surface area contributed by atoms with Gasteiger partial charge in [0.1, 0.15) is 5.82 Å². The van der Waals surface area contributed by atoms with Crippen molar-refractivity contribution in [2.24, 2.45) is 5.73 Å². The van der Waals surface area contributed by atoms with E-state index in [1.165, 1.54) is 6.07 Å². The van der Waals surface area contributed by atoms with Gasteiger partial charge in [-0.25, -0.2) is 4.39 Å². The topological polar surface area (TPSA) is 72.2 Å². The molecule has 1 aromatic carbocycles. The lowest BCUT2D eigenvalue weighted by atomic mass is 9.94. The lowest BCUT2D eigenvalue weighted by Crippen LogP contribution is -2.40. The maximum Gasteiger partial charge on any atom is 0.236 e. The normalized spacial score (nSPS) is 16.3. The molecule has 0 radical (unpaired) electrons. The number of rotatable bonds is 4. The third kappa shape index (κ3) is 2.13. The SMILES string of the molecule is NC(=O)CNC(=O)C1(c2ccccc2F)CC1. The third-order valence-electron chi connectivity index (χ3n) is 3.00. The van der Waals surface area contributed by atoms with Crippen LogP contribution in [0.5, 0.6) is 0 Å². The minimum atomic E-state index is -0.805. The molecule has 17 heavy (non-hydrogen) atoms. The number of nitrogens with one attached hydrogen (secondary N) is 1. The molecule has 2 amide bonds. The number of hydrogen-bond acceptors (Lipinski definition) is 2. The van der Waals surface area contributed by atoms with Gasteiger partial charge in [0.2, 0.25) is 11.8 Å². The van der Waals surface area contributed by atoms with E-state index in [0.717, 1.165) is 0 Å². The Morgan fingerprint density at radius 2 is 2.00 bits per heavy atom. The molecule has 0 saturated heterocycles. The summed E-state index contributed by atoms with van der Waals surface area (Å²) in [5.41, 5.74) is 4.53. The van der Waals surface area contributed by atoms with E-state index in [2.05, 4.69) is 5.32 Å². The number of benzene rings is 1. The molecule has 1 saturated carbocycles. The summed E-state index contributed by atoms with van der Waals surface area (Å²) < 4.78 is 13.6. The fourth-order valence-electron chi connectivity index (χ4n) is 1.93. The Balaban J connectivity index is 2.17. The van der Waals surface area contributed by atoms with E-state index in [4.69, 9.17) is 5.73 Å². The van der Waals surface area contributed by atoms with Crippen molar-refractivity contribution >= 4 is 11.8 Å². The standard InChI is InChI=1S/C12H13FN2O2/c13-9-4-2-1-3-8(9)12(5-6-12)11(17)15-7-10(14)16/h1-4H,5-7H2,(H2,14,16)(H,15,17). The number of halogens is 1. The van der Waals surface area contributed by atoms with Crippen LogP contribution in [0, 0.1) is 5.82 Å². The summed E-state index contributed by atoms with van der Waals surface area (Å²) in [6.07, 6.45) is 1.19. The number of carbonyl (C=O) groups excluding carboxylic acids is 2. The van der Waals surface area contributed by atoms with E-state index < -0.39 is 11.3 Å². The van der Waals surface area contributed by atoms with Crippen molar-refractivity contribution < 1.29 is 14.0 Å². The first kappa shape index (κ1) is 11.6. The molecule has 0 aliphatic heterocycles. The maximum atomic E-state index is 13.6. The molecular weight excluding hydrogens is 223 g/mol. The van der Waals surface area contributed by atoms with Gasteiger partial charge in [0.15, 0.2) is 0 Å². The number of carbonyl (C=O) groups is 2. The molecular formula is C12H13FN2O2. The van der Waals surface area contributed by atoms with E-state index in [1.807, 2.05) is 0 Å². The second-order valence-electron chi connectivity index (χ2n) is 4.21. The number of amides is 2. The van der Waals surface area contributed by atoms with Crippen molar-refractivity contribution in [3.63, 3.8) is 0 Å². The first-order chi connectivity index (χ1) is 8.06. The Morgan fingerprint density at radius 3 is 2.53 bits per heavy atom. The van der Waals surface area contributed by atoms with Crippen LogP contribution in [0.2, 0.25) is 0 Å². The van der Waals surface area contributed by atoms with Crippen LogP contribution in [0.4, 0.5) is 4.39 Å². The Hall–Kier alpha value is -1.91. The highest BCUT2D eigenvalue weighted by Crippen LogP contribution is 2.49. The largest absolute Gasteiger partial charge is 0.368 e. The van der Waals surface area contributed by atoms with Gasteiger partial charge in [-0.05, 0) is 18.9 Å². The molecule has 1 fully saturated rings. The minimum absolute atomic E-state index is 0.213. The number of primary amides is 1. The summed E-state index contributed by atoms with van der Waals surface area (Å²) >= 11 is 0. The van der Waals surface area contributed by atoms with Crippen LogP contribution in [-0.2, 0) is 15.0 Å². The number of hydrogen-bond donors (Lipinski definition) is 2. The molecule has 1 aliphatic carbocycles. The van der Waals surface area contributed by atoms with Gasteiger partial charge in [0.05, 0.1) is 12.0 Å². The second-order valence-corrected chi connectivity index (χ2v) is 4.21. The van der Waals surface area contributed by atoms with Crippen LogP contribution >= 0.6 is 0 Å². The molecule has 0 heterocycles. The van der Waals surface area contributed by atoms with Crippen molar-refractivity contribution in [2.45, 2.75) is 18.3 Å². The zero-order valence-corrected chi connectivity index (χ0v) is 9.20. The second kappa shape index (κ2) is 4.16. The molecule has 0 unspecified atom stereocenters. The smallest absolute Gasteiger partial charge is 0.236 e. The molecule has 0 spiro atoms. The summed E-state index contributed by atoms with van der Waals surface area (Å²) in [5.74, 6) is -1.33. The van der Waals surface area contributed by atoms with Crippen LogP contribution in [0.1, 0.15) is 18.4 Å². The van der Waals surface area contributed by atoms with E-state index in [9.17, 15) is 14.0 Å². The Bertz CT molecular complexity index is 469. The molecule has 5 heteroatoms. The molecule has 4 nitrogen and oxygen atoms in total. The highest BCUT2D eigenvalue weighted by Gasteiger charge is 2.52. The van der Waals surface area contributed by atoms with Gasteiger partial charge >= 0.3 is 0 Å². The van der Waals surface area contributed by atoms with Gasteiger partial charge in [-0.3, -0.25) is 9.59 Å². The summed E-state index contributed by atoms with van der Waals surface area (Å²) in [7, 11) is 0. The van der Waals surface area contributed by atoms with E-state index in [1.54, 1.807) is 18.2 Å². The van der Waals surface area contributed by atoms with Gasteiger partial charge in [0.25, 0.3) is 0 Å². The Labute approximate surface area is 98.0 Å². The Morgan fingerprint density at radius 1 is 1.35 bits per heavy atom. The van der Waals surface area contributed by atoms with Gasteiger partial charge in [-0.2, -0.15) is 0 Å². The van der Waals surface area contributed by atoms with Gasteiger partial charge < -0.3 is 11.1 Å². The quantitative estimate of drug-likeness (QED) is 0.797. The molecule has 1 aliphatic rings. The van der Waals surface area contributed by atoms with Crippen molar-refractivity contribution in [1.82, 2.24) is 5.32 Å². The maximum absolute atomic E-state index is 13.6. The lowest BCUT2D eigenvalue weighted by Gasteiger charge is -2.15. The molecule has 0 aromatic heterocycles. The average molecular weight is 236 g/mol. The van der Waals surface area contributed by atoms with Crippen LogP contribution in [0.25, 0.3) is 0 Å². The fourth-order valence-corrected chi connectivity index (χ4v) is 1.93. The lowest BCUT2D eigenvalue weighted by molar-refractivity contribution is -0.126. The van der Waals surface area contributed by atoms with E-state index in [-0.39, 0.29) is 18.3 Å². The van der Waals surface area contributed by atoms with E-state index in [0.29, 0.717) is 18.4 Å². The minimum Gasteiger partial charge on any atom is -0.368 e. The average Bonchev–Trinajstić information content (AvgIpc) is 3.07. The van der Waals surface area contributed by atoms with Crippen molar-refractivity contribution in [3.05, 3.63) is 35.6 Å². The van der Waals surface area contributed by atoms with Crippen LogP contribution < -0.4 is 11.1 Å². The summed E-state index contributed by atoms with van der Waals surface area (Å²) in [6.45, 7) is -0.213. The monoisotopic (exact) mass is 236 g/mol. The van der Waals surface area contributed by atoms with Crippen LogP contribution in [-0.4, -0.2) is 18.4 Å². The molecule has 0 atom stereocenters. The van der Waals surface area contributed by atoms with Crippen LogP contribution in [0.15, 0.2) is 24.3 Å². The highest BCUT2D eigenvalue weighted by molar-refractivity contribution is 5.93. The Kier molecular flexibility index (Phi) is 2.83. The van der Waals surface area contributed by atoms with Crippen molar-refractivity contribution in [2.75, 3.05) is 6.54 Å². The molecule has 2 rings (SSSR count). The molecule has 3 N–H and O–H groups in total. The fraction of sp³-hybridized carbons (Fsp3) is 0.333. The van der Waals surface area contributed by atoms with Crippen molar-refractivity contribution in [1.29, 1.82) is 0 Å². The zero-order valence-electron chi connectivity index (χ0n) is 9.20. The zero-order chi connectivity index (χ0) is 12.5. The molecule has 1 aromatic rings. The summed E-state index contributed by atoms with van der Waals surface area (Å²) in [6, 6.07) is 6.21. The number of nitrogens with two attached hydrogens (primary N) is 1. The predicted octanol–water partition coefficient (Wildman–Crippen LogP) is 0.459. The van der Waals surface area contributed by atoms with Gasteiger partial charge in [0, 0.05) is 5.56 Å². The molecule has 90 valence electrons. The highest BCUT2D eigenvalue weighted by atomic mass is 19.1.